The first-order valence-electron chi connectivity index (χ1n) is 10.8. The SMILES string of the molecule is COc1cccc(NC(=O)[C@@H]2CCCN(S(=O)(=O)c3cc4c(cc3C)NC(=O)[C@H](C)O4)C2)c1. The number of aryl methyl sites for hydroxylation is 1. The van der Waals surface area contributed by atoms with Crippen molar-refractivity contribution in [2.24, 2.45) is 5.92 Å². The van der Waals surface area contributed by atoms with E-state index in [2.05, 4.69) is 10.6 Å². The van der Waals surface area contributed by atoms with E-state index in [1.807, 2.05) is 0 Å². The van der Waals surface area contributed by atoms with Crippen molar-refractivity contribution in [3.8, 4) is 11.5 Å². The molecule has 0 saturated carbocycles. The number of piperidine rings is 1. The molecule has 2 aliphatic rings. The number of nitrogens with one attached hydrogen (secondary N) is 2. The largest absolute Gasteiger partial charge is 0.497 e. The average molecular weight is 474 g/mol. The van der Waals surface area contributed by atoms with Gasteiger partial charge in [-0.25, -0.2) is 8.42 Å². The van der Waals surface area contributed by atoms with Crippen LogP contribution in [-0.2, 0) is 19.6 Å². The predicted molar refractivity (Wildman–Crippen MR) is 123 cm³/mol. The highest BCUT2D eigenvalue weighted by Gasteiger charge is 2.35. The van der Waals surface area contributed by atoms with E-state index in [-0.39, 0.29) is 23.3 Å². The number of benzene rings is 2. The standard InChI is InChI=1S/C23H27N3O6S/c1-14-10-19-20(32-15(2)22(27)25-19)12-21(14)33(29,30)26-9-5-6-16(13-26)23(28)24-17-7-4-8-18(11-17)31-3/h4,7-8,10-12,15-16H,5-6,9,13H2,1-3H3,(H,24,28)(H,25,27)/t15-,16+/m0/s1. The molecular weight excluding hydrogens is 446 g/mol. The van der Waals surface area contributed by atoms with Crippen LogP contribution in [0.2, 0.25) is 0 Å². The molecule has 2 N–H and O–H groups in total. The molecular formula is C23H27N3O6S. The highest BCUT2D eigenvalue weighted by molar-refractivity contribution is 7.89. The first-order valence-corrected chi connectivity index (χ1v) is 12.2. The number of amides is 2. The van der Waals surface area contributed by atoms with Crippen molar-refractivity contribution in [2.75, 3.05) is 30.8 Å². The molecule has 0 spiro atoms. The van der Waals surface area contributed by atoms with E-state index in [1.165, 1.54) is 10.4 Å². The Kier molecular flexibility index (Phi) is 6.31. The second-order valence-corrected chi connectivity index (χ2v) is 10.2. The number of anilines is 2. The van der Waals surface area contributed by atoms with Crippen LogP contribution in [0.15, 0.2) is 41.3 Å². The van der Waals surface area contributed by atoms with Gasteiger partial charge in [-0.2, -0.15) is 4.31 Å². The summed E-state index contributed by atoms with van der Waals surface area (Å²) in [7, 11) is -2.32. The van der Waals surface area contributed by atoms with E-state index < -0.39 is 22.0 Å². The van der Waals surface area contributed by atoms with Gasteiger partial charge in [0.2, 0.25) is 15.9 Å². The van der Waals surface area contributed by atoms with Crippen LogP contribution in [0.25, 0.3) is 0 Å². The first-order chi connectivity index (χ1) is 15.7. The Balaban J connectivity index is 1.53. The molecule has 1 fully saturated rings. The number of hydrogen-bond donors (Lipinski definition) is 2. The van der Waals surface area contributed by atoms with Crippen molar-refractivity contribution in [3.05, 3.63) is 42.0 Å². The second kappa shape index (κ2) is 9.03. The Morgan fingerprint density at radius 2 is 2.06 bits per heavy atom. The number of carbonyl (C=O) groups excluding carboxylic acids is 2. The maximum atomic E-state index is 13.5. The summed E-state index contributed by atoms with van der Waals surface area (Å²) in [6.45, 7) is 3.69. The van der Waals surface area contributed by atoms with Crippen molar-refractivity contribution in [3.63, 3.8) is 0 Å². The van der Waals surface area contributed by atoms with Gasteiger partial charge in [-0.1, -0.05) is 6.07 Å². The fourth-order valence-electron chi connectivity index (χ4n) is 4.08. The zero-order valence-corrected chi connectivity index (χ0v) is 19.6. The highest BCUT2D eigenvalue weighted by Crippen LogP contribution is 2.36. The topological polar surface area (TPSA) is 114 Å². The van der Waals surface area contributed by atoms with Crippen LogP contribution in [0.1, 0.15) is 25.3 Å². The predicted octanol–water partition coefficient (Wildman–Crippen LogP) is 2.76. The van der Waals surface area contributed by atoms with E-state index in [9.17, 15) is 18.0 Å². The smallest absolute Gasteiger partial charge is 0.265 e. The molecule has 0 aliphatic carbocycles. The summed E-state index contributed by atoms with van der Waals surface area (Å²) < 4.78 is 39.1. The molecule has 0 aromatic heterocycles. The quantitative estimate of drug-likeness (QED) is 0.690. The number of carbonyl (C=O) groups is 2. The van der Waals surface area contributed by atoms with Crippen LogP contribution >= 0.6 is 0 Å². The van der Waals surface area contributed by atoms with E-state index in [0.717, 1.165) is 0 Å². The van der Waals surface area contributed by atoms with Crippen molar-refractivity contribution in [2.45, 2.75) is 37.7 Å². The van der Waals surface area contributed by atoms with Gasteiger partial charge in [0.25, 0.3) is 5.91 Å². The van der Waals surface area contributed by atoms with E-state index in [1.54, 1.807) is 51.3 Å². The minimum atomic E-state index is -3.87. The molecule has 0 bridgehead atoms. The summed E-state index contributed by atoms with van der Waals surface area (Å²) in [5.41, 5.74) is 1.54. The van der Waals surface area contributed by atoms with Gasteiger partial charge in [-0.3, -0.25) is 9.59 Å². The molecule has 33 heavy (non-hydrogen) atoms. The lowest BCUT2D eigenvalue weighted by Crippen LogP contribution is -2.44. The van der Waals surface area contributed by atoms with Crippen molar-refractivity contribution in [1.29, 1.82) is 0 Å². The zero-order chi connectivity index (χ0) is 23.8. The normalized spacial score (nSPS) is 20.9. The third-order valence-electron chi connectivity index (χ3n) is 5.92. The van der Waals surface area contributed by atoms with Gasteiger partial charge >= 0.3 is 0 Å². The van der Waals surface area contributed by atoms with Gasteiger partial charge in [-0.05, 0) is 50.5 Å². The summed E-state index contributed by atoms with van der Waals surface area (Å²) in [5, 5.41) is 5.59. The van der Waals surface area contributed by atoms with Crippen molar-refractivity contribution >= 4 is 33.2 Å². The lowest BCUT2D eigenvalue weighted by atomic mass is 9.98. The summed E-state index contributed by atoms with van der Waals surface area (Å²) in [4.78, 5) is 24.8. The molecule has 176 valence electrons. The molecule has 4 rings (SSSR count). The molecule has 2 aromatic rings. The fraction of sp³-hybridized carbons (Fsp3) is 0.391. The Morgan fingerprint density at radius 1 is 1.27 bits per heavy atom. The minimum absolute atomic E-state index is 0.0860. The van der Waals surface area contributed by atoms with Crippen LogP contribution in [0.3, 0.4) is 0 Å². The third-order valence-corrected chi connectivity index (χ3v) is 7.93. The van der Waals surface area contributed by atoms with Crippen molar-refractivity contribution < 1.29 is 27.5 Å². The second-order valence-electron chi connectivity index (χ2n) is 8.29. The average Bonchev–Trinajstić information content (AvgIpc) is 2.80. The van der Waals surface area contributed by atoms with E-state index >= 15 is 0 Å². The van der Waals surface area contributed by atoms with Crippen LogP contribution in [0.4, 0.5) is 11.4 Å². The van der Waals surface area contributed by atoms with Crippen LogP contribution < -0.4 is 20.1 Å². The molecule has 1 saturated heterocycles. The molecule has 2 heterocycles. The molecule has 9 nitrogen and oxygen atoms in total. The van der Waals surface area contributed by atoms with Gasteiger partial charge in [0.15, 0.2) is 6.10 Å². The molecule has 2 amide bonds. The lowest BCUT2D eigenvalue weighted by molar-refractivity contribution is -0.123. The molecule has 2 atom stereocenters. The van der Waals surface area contributed by atoms with Crippen LogP contribution in [0, 0.1) is 12.8 Å². The fourth-order valence-corrected chi connectivity index (χ4v) is 5.83. The molecule has 0 unspecified atom stereocenters. The summed E-state index contributed by atoms with van der Waals surface area (Å²) >= 11 is 0. The Labute approximate surface area is 193 Å². The number of fused-ring (bicyclic) bond motifs is 1. The first kappa shape index (κ1) is 23.1. The summed E-state index contributed by atoms with van der Waals surface area (Å²) in [6.07, 6.45) is 0.455. The molecule has 2 aliphatic heterocycles. The van der Waals surface area contributed by atoms with Crippen LogP contribution in [-0.4, -0.2) is 50.8 Å². The van der Waals surface area contributed by atoms with E-state index in [0.29, 0.717) is 47.8 Å². The maximum absolute atomic E-state index is 13.5. The summed E-state index contributed by atoms with van der Waals surface area (Å²) in [5.74, 6) is -0.0521. The lowest BCUT2D eigenvalue weighted by Gasteiger charge is -2.32. The molecule has 2 aromatic carbocycles. The number of sulfonamides is 1. The van der Waals surface area contributed by atoms with Gasteiger partial charge < -0.3 is 20.1 Å². The van der Waals surface area contributed by atoms with Crippen LogP contribution in [0.5, 0.6) is 11.5 Å². The monoisotopic (exact) mass is 473 g/mol. The Bertz CT molecular complexity index is 1200. The molecule has 0 radical (unpaired) electrons. The number of nitrogens with zero attached hydrogens (tertiary/aromatic N) is 1. The van der Waals surface area contributed by atoms with Gasteiger partial charge in [0.1, 0.15) is 11.5 Å². The van der Waals surface area contributed by atoms with Gasteiger partial charge in [-0.15, -0.1) is 0 Å². The Morgan fingerprint density at radius 3 is 2.82 bits per heavy atom. The minimum Gasteiger partial charge on any atom is -0.497 e. The zero-order valence-electron chi connectivity index (χ0n) is 18.8. The van der Waals surface area contributed by atoms with Gasteiger partial charge in [0, 0.05) is 30.9 Å². The third kappa shape index (κ3) is 4.67. The number of methoxy groups -OCH3 is 1. The molecule has 10 heteroatoms. The van der Waals surface area contributed by atoms with Gasteiger partial charge in [0.05, 0.1) is 23.6 Å². The highest BCUT2D eigenvalue weighted by atomic mass is 32.2. The van der Waals surface area contributed by atoms with E-state index in [4.69, 9.17) is 9.47 Å². The number of rotatable bonds is 5. The number of ether oxygens (including phenoxy) is 2. The number of hydrogen-bond acceptors (Lipinski definition) is 6. The van der Waals surface area contributed by atoms with Crippen molar-refractivity contribution in [1.82, 2.24) is 4.31 Å². The maximum Gasteiger partial charge on any atom is 0.265 e. The summed E-state index contributed by atoms with van der Waals surface area (Å²) in [6, 6.07) is 10.1. The Hall–Kier alpha value is -3.11.